The molecule has 0 radical (unpaired) electrons. The van der Waals surface area contributed by atoms with Gasteiger partial charge in [0.1, 0.15) is 23.9 Å². The monoisotopic (exact) mass is 621 g/mol. The number of ether oxygens (including phenoxy) is 2. The molecule has 1 aromatic carbocycles. The maximum atomic E-state index is 14.5. The highest BCUT2D eigenvalue weighted by Crippen LogP contribution is 2.39. The number of hydrogen-bond donors (Lipinski definition) is 4. The van der Waals surface area contributed by atoms with Gasteiger partial charge in [0, 0.05) is 57.1 Å². The second-order valence-electron chi connectivity index (χ2n) is 12.4. The number of para-hydroxylation sites is 1. The first kappa shape index (κ1) is 32.5. The summed E-state index contributed by atoms with van der Waals surface area (Å²) in [6, 6.07) is 4.24. The van der Waals surface area contributed by atoms with Crippen LogP contribution in [0.25, 0.3) is 0 Å². The number of fused-ring (bicyclic) bond motifs is 2. The van der Waals surface area contributed by atoms with Gasteiger partial charge in [-0.3, -0.25) is 19.3 Å². The van der Waals surface area contributed by atoms with Crippen molar-refractivity contribution in [2.45, 2.75) is 87.7 Å². The molecule has 6 atom stereocenters. The standard InChI is InChI=1S/C31H45F2N5O6/c1-3-43-21-14-20-15-38(30(42)27(36-28(40)24(18-39)34-2)19-8-11-31(32,33)12-9-19)25(17-37(20)16-21)29(41)35-23-10-13-44-26-7-5-4-6-22(23)26/h4-7,19-21,23-25,27,34,39H,3,8-18H2,1-2H3,(H,35,41)(H,36,40). The van der Waals surface area contributed by atoms with Crippen LogP contribution >= 0.6 is 0 Å². The van der Waals surface area contributed by atoms with Crippen LogP contribution in [0.2, 0.25) is 0 Å². The molecule has 4 aliphatic rings. The summed E-state index contributed by atoms with van der Waals surface area (Å²) in [5.41, 5.74) is 0.867. The number of amides is 3. The Balaban J connectivity index is 1.42. The molecule has 44 heavy (non-hydrogen) atoms. The van der Waals surface area contributed by atoms with Gasteiger partial charge in [-0.2, -0.15) is 0 Å². The lowest BCUT2D eigenvalue weighted by Gasteiger charge is -2.45. The molecule has 0 bridgehead atoms. The van der Waals surface area contributed by atoms with E-state index < -0.39 is 48.4 Å². The minimum atomic E-state index is -2.82. The molecule has 13 heteroatoms. The summed E-state index contributed by atoms with van der Waals surface area (Å²) in [6.45, 7) is 3.61. The second-order valence-corrected chi connectivity index (χ2v) is 12.4. The van der Waals surface area contributed by atoms with Crippen molar-refractivity contribution >= 4 is 17.7 Å². The molecule has 244 valence electrons. The zero-order valence-corrected chi connectivity index (χ0v) is 25.5. The molecule has 3 aliphatic heterocycles. The van der Waals surface area contributed by atoms with Crippen molar-refractivity contribution in [2.24, 2.45) is 5.92 Å². The van der Waals surface area contributed by atoms with Gasteiger partial charge < -0.3 is 35.4 Å². The van der Waals surface area contributed by atoms with Crippen LogP contribution in [0.1, 0.15) is 57.1 Å². The van der Waals surface area contributed by atoms with E-state index in [4.69, 9.17) is 9.47 Å². The predicted octanol–water partition coefficient (Wildman–Crippen LogP) is 1.21. The lowest BCUT2D eigenvalue weighted by molar-refractivity contribution is -0.150. The molecule has 3 fully saturated rings. The molecule has 5 rings (SSSR count). The summed E-state index contributed by atoms with van der Waals surface area (Å²) in [5, 5.41) is 18.3. The average Bonchev–Trinajstić information content (AvgIpc) is 3.41. The van der Waals surface area contributed by atoms with Crippen molar-refractivity contribution in [3.05, 3.63) is 29.8 Å². The van der Waals surface area contributed by atoms with Gasteiger partial charge in [-0.25, -0.2) is 8.78 Å². The molecule has 6 unspecified atom stereocenters. The van der Waals surface area contributed by atoms with Gasteiger partial charge in [0.25, 0.3) is 0 Å². The Hall–Kier alpha value is -2.87. The minimum Gasteiger partial charge on any atom is -0.493 e. The van der Waals surface area contributed by atoms with E-state index >= 15 is 0 Å². The first-order valence-electron chi connectivity index (χ1n) is 15.8. The number of halogens is 2. The van der Waals surface area contributed by atoms with Gasteiger partial charge in [0.15, 0.2) is 0 Å². The summed E-state index contributed by atoms with van der Waals surface area (Å²) in [4.78, 5) is 45.4. The van der Waals surface area contributed by atoms with Crippen molar-refractivity contribution in [3.8, 4) is 5.75 Å². The average molecular weight is 622 g/mol. The van der Waals surface area contributed by atoms with Crippen LogP contribution in [0.3, 0.4) is 0 Å². The molecule has 1 saturated carbocycles. The second kappa shape index (κ2) is 14.1. The number of hydrogen-bond acceptors (Lipinski definition) is 8. The van der Waals surface area contributed by atoms with E-state index in [2.05, 4.69) is 20.9 Å². The van der Waals surface area contributed by atoms with Crippen molar-refractivity contribution < 1.29 is 37.7 Å². The molecule has 1 aromatic rings. The van der Waals surface area contributed by atoms with Crippen LogP contribution in [0.15, 0.2) is 24.3 Å². The minimum absolute atomic E-state index is 0.0249. The summed E-state index contributed by atoms with van der Waals surface area (Å²) in [6.07, 6.45) is 0.584. The summed E-state index contributed by atoms with van der Waals surface area (Å²) in [5.74, 6) is -4.03. The topological polar surface area (TPSA) is 132 Å². The van der Waals surface area contributed by atoms with Crippen molar-refractivity contribution in [1.82, 2.24) is 25.8 Å². The lowest BCUT2D eigenvalue weighted by Crippen LogP contribution is -2.67. The van der Waals surface area contributed by atoms with Gasteiger partial charge in [-0.1, -0.05) is 18.2 Å². The van der Waals surface area contributed by atoms with E-state index in [0.29, 0.717) is 38.3 Å². The molecule has 11 nitrogen and oxygen atoms in total. The molecule has 0 aromatic heterocycles. The lowest BCUT2D eigenvalue weighted by atomic mass is 9.81. The summed E-state index contributed by atoms with van der Waals surface area (Å²) < 4.78 is 39.9. The van der Waals surface area contributed by atoms with Crippen LogP contribution < -0.4 is 20.7 Å². The fourth-order valence-corrected chi connectivity index (χ4v) is 7.13. The first-order chi connectivity index (χ1) is 21.1. The molecule has 4 N–H and O–H groups in total. The molecule has 2 saturated heterocycles. The van der Waals surface area contributed by atoms with E-state index in [0.717, 1.165) is 5.56 Å². The van der Waals surface area contributed by atoms with E-state index in [1.807, 2.05) is 31.2 Å². The van der Waals surface area contributed by atoms with Gasteiger partial charge in [0.2, 0.25) is 23.6 Å². The number of likely N-dealkylation sites (N-methyl/N-ethyl adjacent to an activating group) is 1. The van der Waals surface area contributed by atoms with Crippen molar-refractivity contribution in [2.75, 3.05) is 46.5 Å². The number of rotatable bonds is 10. The predicted molar refractivity (Wildman–Crippen MR) is 157 cm³/mol. The number of nitrogens with one attached hydrogen (secondary N) is 3. The molecule has 3 heterocycles. The van der Waals surface area contributed by atoms with Gasteiger partial charge in [-0.05, 0) is 45.2 Å². The number of benzene rings is 1. The quantitative estimate of drug-likeness (QED) is 0.307. The SMILES string of the molecule is CCOC1CC2CN(C(=O)C(NC(=O)C(CO)NC)C3CCC(F)(F)CC3)C(C(=O)NC3CCOc4ccccc43)CN2C1. The Labute approximate surface area is 257 Å². The molecular formula is C31H45F2N5O6. The molecule has 0 spiro atoms. The number of piperazine rings is 1. The Bertz CT molecular complexity index is 1180. The van der Waals surface area contributed by atoms with Crippen LogP contribution in [-0.2, 0) is 19.1 Å². The number of aliphatic hydroxyl groups excluding tert-OH is 1. The van der Waals surface area contributed by atoms with E-state index in [1.54, 1.807) is 4.90 Å². The van der Waals surface area contributed by atoms with E-state index in [-0.39, 0.29) is 62.9 Å². The Morgan fingerprint density at radius 2 is 1.89 bits per heavy atom. The largest absolute Gasteiger partial charge is 0.493 e. The maximum absolute atomic E-state index is 14.5. The zero-order valence-electron chi connectivity index (χ0n) is 25.5. The van der Waals surface area contributed by atoms with E-state index in [1.165, 1.54) is 7.05 Å². The third-order valence-corrected chi connectivity index (χ3v) is 9.59. The van der Waals surface area contributed by atoms with Crippen LogP contribution in [0.5, 0.6) is 5.75 Å². The number of carbonyl (C=O) groups excluding carboxylic acids is 3. The third kappa shape index (κ3) is 7.16. The molecule has 3 amide bonds. The molecular weight excluding hydrogens is 576 g/mol. The number of nitrogens with zero attached hydrogens (tertiary/aromatic N) is 2. The maximum Gasteiger partial charge on any atom is 0.248 e. The number of aliphatic hydroxyl groups is 1. The van der Waals surface area contributed by atoms with Crippen LogP contribution in [0.4, 0.5) is 8.78 Å². The number of carbonyl (C=O) groups is 3. The smallest absolute Gasteiger partial charge is 0.248 e. The normalized spacial score (nSPS) is 28.2. The molecule has 1 aliphatic carbocycles. The highest BCUT2D eigenvalue weighted by atomic mass is 19.3. The van der Waals surface area contributed by atoms with Crippen molar-refractivity contribution in [1.29, 1.82) is 0 Å². The Morgan fingerprint density at radius 1 is 1.14 bits per heavy atom. The van der Waals surface area contributed by atoms with Crippen LogP contribution in [-0.4, -0.2) is 115 Å². The Morgan fingerprint density at radius 3 is 2.59 bits per heavy atom. The Kier molecular flexibility index (Phi) is 10.4. The van der Waals surface area contributed by atoms with Crippen molar-refractivity contribution in [3.63, 3.8) is 0 Å². The number of alkyl halides is 2. The first-order valence-corrected chi connectivity index (χ1v) is 15.8. The summed E-state index contributed by atoms with van der Waals surface area (Å²) >= 11 is 0. The highest BCUT2D eigenvalue weighted by molar-refractivity contribution is 5.94. The van der Waals surface area contributed by atoms with Gasteiger partial charge in [0.05, 0.1) is 25.4 Å². The van der Waals surface area contributed by atoms with Gasteiger partial charge >= 0.3 is 0 Å². The summed E-state index contributed by atoms with van der Waals surface area (Å²) in [7, 11) is 1.52. The van der Waals surface area contributed by atoms with Gasteiger partial charge in [-0.15, -0.1) is 0 Å². The fraction of sp³-hybridized carbons (Fsp3) is 0.710. The highest BCUT2D eigenvalue weighted by Gasteiger charge is 2.49. The van der Waals surface area contributed by atoms with E-state index in [9.17, 15) is 28.3 Å². The third-order valence-electron chi connectivity index (χ3n) is 9.59. The fourth-order valence-electron chi connectivity index (χ4n) is 7.13. The van der Waals surface area contributed by atoms with Crippen LogP contribution in [0, 0.1) is 5.92 Å². The zero-order chi connectivity index (χ0) is 31.4.